The molecule has 23 heavy (non-hydrogen) atoms. The topological polar surface area (TPSA) is 117 Å². The summed E-state index contributed by atoms with van der Waals surface area (Å²) >= 11 is 0. The Kier molecular flexibility index (Phi) is 3.57. The van der Waals surface area contributed by atoms with Crippen molar-refractivity contribution in [2.45, 2.75) is 19.9 Å². The minimum Gasteiger partial charge on any atom is -0.463 e. The molecule has 0 aliphatic heterocycles. The first-order chi connectivity index (χ1) is 11.0. The molecule has 0 aliphatic carbocycles. The Morgan fingerprint density at radius 3 is 2.70 bits per heavy atom. The van der Waals surface area contributed by atoms with Crippen molar-refractivity contribution in [2.75, 3.05) is 0 Å². The highest BCUT2D eigenvalue weighted by molar-refractivity contribution is 5.78. The molecular weight excluding hydrogens is 300 g/mol. The van der Waals surface area contributed by atoms with Crippen LogP contribution in [0, 0.1) is 6.92 Å². The minimum atomic E-state index is -0.887. The first-order valence-electron chi connectivity index (χ1n) is 6.88. The van der Waals surface area contributed by atoms with E-state index in [9.17, 15) is 9.59 Å². The van der Waals surface area contributed by atoms with Gasteiger partial charge >= 0.3 is 0 Å². The fourth-order valence-corrected chi connectivity index (χ4v) is 2.14. The molecule has 3 rings (SSSR count). The number of amides is 1. The summed E-state index contributed by atoms with van der Waals surface area (Å²) in [6, 6.07) is 5.51. The van der Waals surface area contributed by atoms with E-state index in [0.717, 1.165) is 4.68 Å². The van der Waals surface area contributed by atoms with Crippen LogP contribution in [0.2, 0.25) is 0 Å². The van der Waals surface area contributed by atoms with E-state index >= 15 is 0 Å². The van der Waals surface area contributed by atoms with Gasteiger partial charge in [-0.25, -0.2) is 4.68 Å². The molecule has 0 radical (unpaired) electrons. The maximum atomic E-state index is 12.3. The first-order valence-corrected chi connectivity index (χ1v) is 6.88. The molecule has 1 amide bonds. The van der Waals surface area contributed by atoms with Gasteiger partial charge in [0.2, 0.25) is 5.91 Å². The van der Waals surface area contributed by atoms with Crippen molar-refractivity contribution in [3.05, 3.63) is 46.6 Å². The van der Waals surface area contributed by atoms with E-state index in [1.165, 1.54) is 19.3 Å². The second-order valence-electron chi connectivity index (χ2n) is 5.08. The lowest BCUT2D eigenvalue weighted by Crippen LogP contribution is -2.34. The van der Waals surface area contributed by atoms with Crippen LogP contribution < -0.4 is 11.3 Å². The van der Waals surface area contributed by atoms with Crippen molar-refractivity contribution < 1.29 is 13.7 Å². The van der Waals surface area contributed by atoms with E-state index in [4.69, 9.17) is 14.7 Å². The zero-order valence-electron chi connectivity index (χ0n) is 12.5. The first kappa shape index (κ1) is 14.8. The molecule has 3 aromatic heterocycles. The van der Waals surface area contributed by atoms with E-state index < -0.39 is 17.5 Å². The average molecular weight is 314 g/mol. The minimum absolute atomic E-state index is 0.360. The van der Waals surface area contributed by atoms with Crippen LogP contribution in [0.5, 0.6) is 0 Å². The number of hydrogen-bond donors (Lipinski definition) is 1. The van der Waals surface area contributed by atoms with E-state index in [0.29, 0.717) is 28.5 Å². The van der Waals surface area contributed by atoms with Gasteiger partial charge in [0.1, 0.15) is 11.7 Å². The van der Waals surface area contributed by atoms with E-state index in [1.807, 2.05) is 0 Å². The number of aryl methyl sites for hydroxylation is 1. The number of hydrogen-bond acceptors (Lipinski definition) is 6. The highest BCUT2D eigenvalue weighted by atomic mass is 16.5. The summed E-state index contributed by atoms with van der Waals surface area (Å²) in [5, 5.41) is 8.06. The summed E-state index contributed by atoms with van der Waals surface area (Å²) in [5.41, 5.74) is 6.25. The Labute approximate surface area is 130 Å². The summed E-state index contributed by atoms with van der Waals surface area (Å²) in [5.74, 6) is 0.158. The predicted molar refractivity (Wildman–Crippen MR) is 80.3 cm³/mol. The molecule has 3 heterocycles. The lowest BCUT2D eigenvalue weighted by molar-refractivity contribution is -0.121. The maximum Gasteiger partial charge on any atom is 0.268 e. The van der Waals surface area contributed by atoms with Crippen LogP contribution in [0.15, 0.2) is 44.3 Å². The standard InChI is InChI=1S/C15H14N4O4/c1-8-6-12(23-18-8)10-7-13(20)19(9(2)15(16)21)17-14(10)11-4-3-5-22-11/h3-7,9H,1-2H3,(H2,16,21)/t9-/m0/s1. The SMILES string of the molecule is Cc1cc(-c2cc(=O)n([C@@H](C)C(N)=O)nc2-c2ccco2)on1. The van der Waals surface area contributed by atoms with Crippen molar-refractivity contribution >= 4 is 5.91 Å². The third kappa shape index (κ3) is 2.66. The van der Waals surface area contributed by atoms with Crippen molar-refractivity contribution in [3.63, 3.8) is 0 Å². The van der Waals surface area contributed by atoms with Gasteiger partial charge in [-0.15, -0.1) is 0 Å². The molecule has 0 aromatic carbocycles. The zero-order valence-corrected chi connectivity index (χ0v) is 12.5. The number of nitrogens with two attached hydrogens (primary N) is 1. The van der Waals surface area contributed by atoms with Crippen molar-refractivity contribution in [1.82, 2.24) is 14.9 Å². The molecule has 8 heteroatoms. The van der Waals surface area contributed by atoms with Gasteiger partial charge in [0.05, 0.1) is 17.5 Å². The van der Waals surface area contributed by atoms with Gasteiger partial charge in [-0.1, -0.05) is 5.16 Å². The summed E-state index contributed by atoms with van der Waals surface area (Å²) < 4.78 is 11.6. The van der Waals surface area contributed by atoms with Gasteiger partial charge in [0, 0.05) is 12.1 Å². The maximum absolute atomic E-state index is 12.3. The predicted octanol–water partition coefficient (Wildman–Crippen LogP) is 1.51. The van der Waals surface area contributed by atoms with E-state index in [1.54, 1.807) is 25.1 Å². The van der Waals surface area contributed by atoms with Crippen molar-refractivity contribution in [1.29, 1.82) is 0 Å². The fourth-order valence-electron chi connectivity index (χ4n) is 2.14. The molecule has 1 atom stereocenters. The number of primary amides is 1. The number of carbonyl (C=O) groups is 1. The van der Waals surface area contributed by atoms with Crippen LogP contribution in [0.3, 0.4) is 0 Å². The van der Waals surface area contributed by atoms with Crippen LogP contribution in [-0.2, 0) is 4.79 Å². The normalized spacial score (nSPS) is 12.3. The molecule has 0 aliphatic rings. The lowest BCUT2D eigenvalue weighted by Gasteiger charge is -2.12. The number of rotatable bonds is 4. The van der Waals surface area contributed by atoms with Gasteiger partial charge in [-0.3, -0.25) is 9.59 Å². The second kappa shape index (κ2) is 5.56. The van der Waals surface area contributed by atoms with Crippen LogP contribution >= 0.6 is 0 Å². The van der Waals surface area contributed by atoms with Gasteiger partial charge in [0.25, 0.3) is 5.56 Å². The third-order valence-corrected chi connectivity index (χ3v) is 3.38. The molecule has 118 valence electrons. The number of aromatic nitrogens is 3. The molecule has 3 aromatic rings. The van der Waals surface area contributed by atoms with Crippen LogP contribution in [0.4, 0.5) is 0 Å². The van der Waals surface area contributed by atoms with Gasteiger partial charge in [0.15, 0.2) is 11.5 Å². The number of carbonyl (C=O) groups excluding carboxylic acids is 1. The number of nitrogens with zero attached hydrogens (tertiary/aromatic N) is 3. The molecule has 0 fully saturated rings. The van der Waals surface area contributed by atoms with Crippen LogP contribution in [0.1, 0.15) is 18.7 Å². The Morgan fingerprint density at radius 1 is 1.35 bits per heavy atom. The highest BCUT2D eigenvalue weighted by Gasteiger charge is 2.21. The summed E-state index contributed by atoms with van der Waals surface area (Å²) in [4.78, 5) is 23.7. The second-order valence-corrected chi connectivity index (χ2v) is 5.08. The van der Waals surface area contributed by atoms with Gasteiger partial charge in [-0.2, -0.15) is 5.10 Å². The van der Waals surface area contributed by atoms with Crippen LogP contribution in [-0.4, -0.2) is 20.8 Å². The molecule has 0 spiro atoms. The largest absolute Gasteiger partial charge is 0.463 e. The monoisotopic (exact) mass is 314 g/mol. The molecule has 2 N–H and O–H groups in total. The summed E-state index contributed by atoms with van der Waals surface area (Å²) in [6.07, 6.45) is 1.49. The van der Waals surface area contributed by atoms with Crippen LogP contribution in [0.25, 0.3) is 22.8 Å². The van der Waals surface area contributed by atoms with Gasteiger partial charge in [-0.05, 0) is 26.0 Å². The Hall–Kier alpha value is -3.16. The molecule has 0 bridgehead atoms. The quantitative estimate of drug-likeness (QED) is 0.780. The zero-order chi connectivity index (χ0) is 16.6. The molecule has 8 nitrogen and oxygen atoms in total. The molecule has 0 saturated carbocycles. The van der Waals surface area contributed by atoms with Crippen molar-refractivity contribution in [3.8, 4) is 22.8 Å². The number of furan rings is 1. The van der Waals surface area contributed by atoms with E-state index in [-0.39, 0.29) is 0 Å². The lowest BCUT2D eigenvalue weighted by atomic mass is 10.1. The smallest absolute Gasteiger partial charge is 0.268 e. The fraction of sp³-hybridized carbons (Fsp3) is 0.200. The van der Waals surface area contributed by atoms with Gasteiger partial charge < -0.3 is 14.7 Å². The molecular formula is C15H14N4O4. The molecule has 0 unspecified atom stereocenters. The Balaban J connectivity index is 2.26. The molecule has 0 saturated heterocycles. The highest BCUT2D eigenvalue weighted by Crippen LogP contribution is 2.30. The Morgan fingerprint density at radius 2 is 2.13 bits per heavy atom. The third-order valence-electron chi connectivity index (χ3n) is 3.38. The van der Waals surface area contributed by atoms with E-state index in [2.05, 4.69) is 10.3 Å². The summed E-state index contributed by atoms with van der Waals surface area (Å²) in [7, 11) is 0. The summed E-state index contributed by atoms with van der Waals surface area (Å²) in [6.45, 7) is 3.27. The Bertz CT molecular complexity index is 908. The van der Waals surface area contributed by atoms with Crippen molar-refractivity contribution in [2.24, 2.45) is 5.73 Å². The average Bonchev–Trinajstić information content (AvgIpc) is 3.17.